The third-order valence-electron chi connectivity index (χ3n) is 6.07. The van der Waals surface area contributed by atoms with E-state index in [1.165, 1.54) is 83.5 Å². The third kappa shape index (κ3) is 13.3. The van der Waals surface area contributed by atoms with E-state index in [0.29, 0.717) is 0 Å². The van der Waals surface area contributed by atoms with E-state index in [4.69, 9.17) is 9.47 Å². The molecule has 2 atom stereocenters. The molecular formula is C26H48O3. The van der Waals surface area contributed by atoms with Gasteiger partial charge in [-0.25, -0.2) is 0 Å². The molecule has 2 saturated heterocycles. The van der Waals surface area contributed by atoms with Crippen molar-refractivity contribution in [3.8, 4) is 0 Å². The van der Waals surface area contributed by atoms with E-state index in [-0.39, 0.29) is 11.4 Å². The van der Waals surface area contributed by atoms with Crippen molar-refractivity contribution >= 4 is 6.29 Å². The summed E-state index contributed by atoms with van der Waals surface area (Å²) in [5.74, 6) is -0.243. The molecule has 3 nitrogen and oxygen atoms in total. The second-order valence-corrected chi connectivity index (χ2v) is 9.37. The molecule has 2 unspecified atom stereocenters. The topological polar surface area (TPSA) is 35.5 Å². The van der Waals surface area contributed by atoms with Gasteiger partial charge < -0.3 is 14.3 Å². The Balaban J connectivity index is 0.000000345. The lowest BCUT2D eigenvalue weighted by atomic mass is 9.96. The van der Waals surface area contributed by atoms with Crippen molar-refractivity contribution in [2.45, 2.75) is 141 Å². The quantitative estimate of drug-likeness (QED) is 0.157. The molecule has 0 amide bonds. The molecule has 170 valence electrons. The molecule has 0 aromatic carbocycles. The van der Waals surface area contributed by atoms with Crippen LogP contribution in [0.1, 0.15) is 130 Å². The minimum absolute atomic E-state index is 0.0347. The molecule has 2 aliphatic heterocycles. The predicted molar refractivity (Wildman–Crippen MR) is 123 cm³/mol. The van der Waals surface area contributed by atoms with Gasteiger partial charge in [-0.15, -0.1) is 0 Å². The highest BCUT2D eigenvalue weighted by atomic mass is 16.8. The summed E-state index contributed by atoms with van der Waals surface area (Å²) >= 11 is 0. The number of allylic oxidation sites excluding steroid dienone is 2. The summed E-state index contributed by atoms with van der Waals surface area (Å²) in [7, 11) is 0. The van der Waals surface area contributed by atoms with Gasteiger partial charge in [0.25, 0.3) is 0 Å². The van der Waals surface area contributed by atoms with Gasteiger partial charge in [-0.3, -0.25) is 0 Å². The highest BCUT2D eigenvalue weighted by Crippen LogP contribution is 2.42. The maximum absolute atomic E-state index is 10.1. The molecular weight excluding hydrogens is 360 g/mol. The van der Waals surface area contributed by atoms with Gasteiger partial charge in [0.2, 0.25) is 0 Å². The van der Waals surface area contributed by atoms with Crippen molar-refractivity contribution in [3.63, 3.8) is 0 Å². The second kappa shape index (κ2) is 16.1. The van der Waals surface area contributed by atoms with Crippen LogP contribution in [-0.4, -0.2) is 24.3 Å². The Labute approximate surface area is 181 Å². The fourth-order valence-electron chi connectivity index (χ4n) is 4.20. The van der Waals surface area contributed by atoms with Gasteiger partial charge in [0.15, 0.2) is 5.79 Å². The monoisotopic (exact) mass is 408 g/mol. The van der Waals surface area contributed by atoms with E-state index < -0.39 is 0 Å². The van der Waals surface area contributed by atoms with E-state index >= 15 is 0 Å². The van der Waals surface area contributed by atoms with Crippen molar-refractivity contribution in [2.24, 2.45) is 0 Å². The number of unbranched alkanes of at least 4 members (excludes halogenated alkanes) is 12. The predicted octanol–water partition coefficient (Wildman–Crippen LogP) is 7.91. The summed E-state index contributed by atoms with van der Waals surface area (Å²) in [5, 5.41) is 0. The van der Waals surface area contributed by atoms with Gasteiger partial charge in [-0.1, -0.05) is 76.9 Å². The van der Waals surface area contributed by atoms with Crippen molar-refractivity contribution in [2.75, 3.05) is 6.61 Å². The smallest absolute Gasteiger partial charge is 0.166 e. The summed E-state index contributed by atoms with van der Waals surface area (Å²) < 4.78 is 11.3. The molecule has 0 aromatic rings. The summed E-state index contributed by atoms with van der Waals surface area (Å²) in [6.07, 6.45) is 27.1. The lowest BCUT2D eigenvalue weighted by Gasteiger charge is -2.32. The van der Waals surface area contributed by atoms with Crippen molar-refractivity contribution in [1.82, 2.24) is 0 Å². The highest BCUT2D eigenvalue weighted by Gasteiger charge is 2.47. The Morgan fingerprint density at radius 3 is 1.83 bits per heavy atom. The van der Waals surface area contributed by atoms with Crippen molar-refractivity contribution in [3.05, 3.63) is 12.2 Å². The van der Waals surface area contributed by atoms with Gasteiger partial charge in [0, 0.05) is 12.8 Å². The number of ether oxygens (including phenoxy) is 2. The van der Waals surface area contributed by atoms with Crippen molar-refractivity contribution in [1.29, 1.82) is 0 Å². The van der Waals surface area contributed by atoms with E-state index in [9.17, 15) is 4.79 Å². The van der Waals surface area contributed by atoms with Crippen molar-refractivity contribution < 1.29 is 14.3 Å². The maximum atomic E-state index is 10.1. The second-order valence-electron chi connectivity index (χ2n) is 9.37. The fourth-order valence-corrected chi connectivity index (χ4v) is 4.20. The molecule has 2 fully saturated rings. The minimum Gasteiger partial charge on any atom is -0.347 e. The zero-order valence-electron chi connectivity index (χ0n) is 19.7. The lowest BCUT2D eigenvalue weighted by Crippen LogP contribution is -2.37. The Morgan fingerprint density at radius 1 is 0.759 bits per heavy atom. The first-order valence-corrected chi connectivity index (χ1v) is 12.5. The average Bonchev–Trinajstić information content (AvgIpc) is 2.92. The minimum atomic E-state index is -0.243. The summed E-state index contributed by atoms with van der Waals surface area (Å²) in [6.45, 7) is 7.20. The van der Waals surface area contributed by atoms with E-state index in [1.807, 2.05) is 6.92 Å². The van der Waals surface area contributed by atoms with Crippen LogP contribution in [0, 0.1) is 0 Å². The Kier molecular flexibility index (Phi) is 14.6. The normalized spacial score (nSPS) is 25.8. The van der Waals surface area contributed by atoms with Crippen LogP contribution in [0.2, 0.25) is 0 Å². The third-order valence-corrected chi connectivity index (χ3v) is 6.07. The van der Waals surface area contributed by atoms with Crippen LogP contribution >= 0.6 is 0 Å². The first-order chi connectivity index (χ1) is 14.0. The molecule has 0 aliphatic carbocycles. The van der Waals surface area contributed by atoms with Crippen LogP contribution in [0.15, 0.2) is 12.2 Å². The van der Waals surface area contributed by atoms with Gasteiger partial charge in [-0.05, 0) is 52.4 Å². The lowest BCUT2D eigenvalue weighted by molar-refractivity contribution is -0.195. The van der Waals surface area contributed by atoms with Crippen LogP contribution in [-0.2, 0) is 14.3 Å². The highest BCUT2D eigenvalue weighted by molar-refractivity contribution is 5.48. The number of aldehydes is 1. The molecule has 0 spiro atoms. The molecule has 0 N–H and O–H groups in total. The molecule has 29 heavy (non-hydrogen) atoms. The number of fused-ring (bicyclic) bond motifs is 2. The molecule has 2 bridgehead atoms. The summed E-state index contributed by atoms with van der Waals surface area (Å²) in [6, 6.07) is 0. The molecule has 2 aliphatic rings. The molecule has 2 rings (SSSR count). The van der Waals surface area contributed by atoms with Gasteiger partial charge in [0.1, 0.15) is 6.29 Å². The van der Waals surface area contributed by atoms with Crippen LogP contribution in [0.5, 0.6) is 0 Å². The SMILES string of the molecule is CC12CCCC(C)(OC1)O2.CCCC/C=C\CCCCCCCCCCCC=O. The zero-order valence-corrected chi connectivity index (χ0v) is 19.7. The van der Waals surface area contributed by atoms with Gasteiger partial charge in [-0.2, -0.15) is 0 Å². The number of carbonyl (C=O) groups excluding carboxylic acids is 1. The van der Waals surface area contributed by atoms with Gasteiger partial charge in [0.05, 0.1) is 12.2 Å². The summed E-state index contributed by atoms with van der Waals surface area (Å²) in [4.78, 5) is 10.1. The Hall–Kier alpha value is -0.670. The molecule has 0 radical (unpaired) electrons. The Morgan fingerprint density at radius 2 is 1.31 bits per heavy atom. The van der Waals surface area contributed by atoms with E-state index in [0.717, 1.165) is 38.6 Å². The standard InChI is InChI=1S/C18H34O.C8H14O2/c1-2-3-4-5-6-7-8-9-10-11-12-13-14-15-16-17-18-19;1-7-4-3-5-8(2,10-7)9-6-7/h5-6,18H,2-4,7-17H2,1H3;3-6H2,1-2H3/b6-5-;. The van der Waals surface area contributed by atoms with Crippen LogP contribution in [0.4, 0.5) is 0 Å². The van der Waals surface area contributed by atoms with E-state index in [1.54, 1.807) is 0 Å². The van der Waals surface area contributed by atoms with Crippen LogP contribution in [0.3, 0.4) is 0 Å². The number of rotatable bonds is 15. The number of hydrogen-bond donors (Lipinski definition) is 0. The zero-order chi connectivity index (χ0) is 21.3. The largest absolute Gasteiger partial charge is 0.347 e. The van der Waals surface area contributed by atoms with E-state index in [2.05, 4.69) is 26.0 Å². The molecule has 0 saturated carbocycles. The number of carbonyl (C=O) groups is 1. The molecule has 3 heteroatoms. The first kappa shape index (κ1) is 26.4. The maximum Gasteiger partial charge on any atom is 0.166 e. The summed E-state index contributed by atoms with van der Waals surface area (Å²) in [5.41, 5.74) is 0.0347. The Bertz CT molecular complexity index is 418. The van der Waals surface area contributed by atoms with Gasteiger partial charge >= 0.3 is 0 Å². The fraction of sp³-hybridized carbons (Fsp3) is 0.885. The van der Waals surface area contributed by atoms with Crippen LogP contribution < -0.4 is 0 Å². The average molecular weight is 409 g/mol. The van der Waals surface area contributed by atoms with Crippen LogP contribution in [0.25, 0.3) is 0 Å². The molecule has 0 aromatic heterocycles. The first-order valence-electron chi connectivity index (χ1n) is 12.5. The molecule has 2 heterocycles. The number of hydrogen-bond acceptors (Lipinski definition) is 3.